The third-order valence-corrected chi connectivity index (χ3v) is 5.11. The first-order valence-electron chi connectivity index (χ1n) is 7.86. The van der Waals surface area contributed by atoms with E-state index < -0.39 is 17.2 Å². The van der Waals surface area contributed by atoms with Crippen LogP contribution in [0.2, 0.25) is 0 Å². The highest BCUT2D eigenvalue weighted by Gasteiger charge is 2.16. The van der Waals surface area contributed by atoms with Crippen molar-refractivity contribution in [3.63, 3.8) is 0 Å². The Bertz CT molecular complexity index is 715. The Morgan fingerprint density at radius 2 is 1.92 bits per heavy atom. The average molecular weight is 346 g/mol. The van der Waals surface area contributed by atoms with Gasteiger partial charge in [0.15, 0.2) is 11.5 Å². The van der Waals surface area contributed by atoms with Crippen LogP contribution < -0.4 is 11.1 Å². The molecule has 24 heavy (non-hydrogen) atoms. The van der Waals surface area contributed by atoms with E-state index in [0.29, 0.717) is 18.6 Å². The van der Waals surface area contributed by atoms with E-state index in [1.165, 1.54) is 6.92 Å². The predicted octanol–water partition coefficient (Wildman–Crippen LogP) is 2.22. The average Bonchev–Trinajstić information content (AvgIpc) is 2.54. The van der Waals surface area contributed by atoms with Crippen LogP contribution in [0.1, 0.15) is 19.8 Å². The van der Waals surface area contributed by atoms with Gasteiger partial charge in [-0.2, -0.15) is 0 Å². The standard InChI is InChI=1S/C18H22N2O3S/c1-13(21)12-24(23)11-5-9-16(19)18(22)20-17-10-4-7-14-6-2-3-8-15(14)17/h2-4,6-8,10,16H,5,9,11-12,19H2,1H3,(H,20,22)/t16-,24?/m0/s1. The van der Waals surface area contributed by atoms with Crippen LogP contribution >= 0.6 is 0 Å². The molecule has 6 heteroatoms. The van der Waals surface area contributed by atoms with E-state index in [0.717, 1.165) is 16.5 Å². The third kappa shape index (κ3) is 5.33. The molecular formula is C18H22N2O3S. The van der Waals surface area contributed by atoms with Crippen molar-refractivity contribution in [2.24, 2.45) is 5.73 Å². The van der Waals surface area contributed by atoms with Gasteiger partial charge >= 0.3 is 0 Å². The largest absolute Gasteiger partial charge is 0.616 e. The lowest BCUT2D eigenvalue weighted by Gasteiger charge is -2.14. The number of hydrogen-bond acceptors (Lipinski definition) is 4. The number of nitrogens with two attached hydrogens (primary N) is 1. The minimum atomic E-state index is -1.17. The molecular weight excluding hydrogens is 324 g/mol. The smallest absolute Gasteiger partial charge is 0.241 e. The highest BCUT2D eigenvalue weighted by Crippen LogP contribution is 2.23. The van der Waals surface area contributed by atoms with Gasteiger partial charge in [0.2, 0.25) is 5.91 Å². The Morgan fingerprint density at radius 3 is 2.67 bits per heavy atom. The van der Waals surface area contributed by atoms with E-state index in [2.05, 4.69) is 5.32 Å². The number of carbonyl (C=O) groups excluding carboxylic acids is 2. The molecule has 0 saturated carbocycles. The number of amides is 1. The summed E-state index contributed by atoms with van der Waals surface area (Å²) in [6.07, 6.45) is 0.976. The van der Waals surface area contributed by atoms with E-state index in [4.69, 9.17) is 5.73 Å². The molecule has 0 aliphatic heterocycles. The summed E-state index contributed by atoms with van der Waals surface area (Å²) in [4.78, 5) is 23.1. The summed E-state index contributed by atoms with van der Waals surface area (Å²) in [5, 5.41) is 4.87. The first-order chi connectivity index (χ1) is 11.5. The molecule has 1 unspecified atom stereocenters. The SMILES string of the molecule is CC(=O)C[S+]([O-])CCC[C@H](N)C(=O)Nc1cccc2ccccc12. The van der Waals surface area contributed by atoms with Gasteiger partial charge in [0, 0.05) is 11.1 Å². The van der Waals surface area contributed by atoms with Crippen molar-refractivity contribution in [1.29, 1.82) is 0 Å². The van der Waals surface area contributed by atoms with Crippen molar-refractivity contribution in [2.45, 2.75) is 25.8 Å². The van der Waals surface area contributed by atoms with E-state index >= 15 is 0 Å². The van der Waals surface area contributed by atoms with Gasteiger partial charge in [0.1, 0.15) is 5.75 Å². The molecule has 0 spiro atoms. The Labute approximate surface area is 144 Å². The summed E-state index contributed by atoms with van der Waals surface area (Å²) in [6.45, 7) is 1.42. The van der Waals surface area contributed by atoms with Gasteiger partial charge in [-0.15, -0.1) is 0 Å². The van der Waals surface area contributed by atoms with Gasteiger partial charge in [-0.3, -0.25) is 9.59 Å². The normalized spacial score (nSPS) is 13.5. The molecule has 2 atom stereocenters. The zero-order valence-corrected chi connectivity index (χ0v) is 14.5. The van der Waals surface area contributed by atoms with Gasteiger partial charge in [0.25, 0.3) is 0 Å². The van der Waals surface area contributed by atoms with Crippen molar-refractivity contribution < 1.29 is 14.1 Å². The molecule has 0 saturated heterocycles. The second-order valence-electron chi connectivity index (χ2n) is 5.75. The zero-order chi connectivity index (χ0) is 17.5. The number of rotatable bonds is 8. The van der Waals surface area contributed by atoms with Gasteiger partial charge in [0.05, 0.1) is 6.04 Å². The Balaban J connectivity index is 1.88. The van der Waals surface area contributed by atoms with Crippen LogP contribution in [0.5, 0.6) is 0 Å². The van der Waals surface area contributed by atoms with Crippen molar-refractivity contribution in [3.8, 4) is 0 Å². The lowest BCUT2D eigenvalue weighted by Crippen LogP contribution is -2.36. The summed E-state index contributed by atoms with van der Waals surface area (Å²) in [5.41, 5.74) is 6.65. The molecule has 0 aliphatic rings. The second kappa shape index (κ2) is 8.82. The van der Waals surface area contributed by atoms with Crippen LogP contribution in [-0.4, -0.2) is 33.8 Å². The van der Waals surface area contributed by atoms with E-state index in [1.54, 1.807) is 0 Å². The first-order valence-corrected chi connectivity index (χ1v) is 9.35. The van der Waals surface area contributed by atoms with Crippen molar-refractivity contribution in [2.75, 3.05) is 16.8 Å². The minimum absolute atomic E-state index is 0.0669. The maximum absolute atomic E-state index is 12.2. The van der Waals surface area contributed by atoms with Gasteiger partial charge < -0.3 is 15.6 Å². The second-order valence-corrected chi connectivity index (χ2v) is 7.33. The van der Waals surface area contributed by atoms with Crippen LogP contribution in [0, 0.1) is 0 Å². The quantitative estimate of drug-likeness (QED) is 0.717. The summed E-state index contributed by atoms with van der Waals surface area (Å²) in [7, 11) is 0. The highest BCUT2D eigenvalue weighted by molar-refractivity contribution is 7.92. The van der Waals surface area contributed by atoms with E-state index in [9.17, 15) is 14.1 Å². The molecule has 0 bridgehead atoms. The number of benzene rings is 2. The Morgan fingerprint density at radius 1 is 1.21 bits per heavy atom. The lowest BCUT2D eigenvalue weighted by molar-refractivity contribution is -0.117. The molecule has 0 aromatic heterocycles. The molecule has 128 valence electrons. The first kappa shape index (κ1) is 18.4. The molecule has 2 aromatic rings. The summed E-state index contributed by atoms with van der Waals surface area (Å²) in [5.74, 6) is 0.0988. The molecule has 5 nitrogen and oxygen atoms in total. The van der Waals surface area contributed by atoms with Crippen LogP contribution in [0.15, 0.2) is 42.5 Å². The molecule has 3 N–H and O–H groups in total. The van der Waals surface area contributed by atoms with E-state index in [-0.39, 0.29) is 17.4 Å². The number of ketones is 1. The van der Waals surface area contributed by atoms with Gasteiger partial charge in [-0.25, -0.2) is 0 Å². The van der Waals surface area contributed by atoms with Crippen LogP contribution in [0.4, 0.5) is 5.69 Å². The topological polar surface area (TPSA) is 95.2 Å². The molecule has 1 amide bonds. The maximum atomic E-state index is 12.2. The molecule has 0 fully saturated rings. The fourth-order valence-electron chi connectivity index (χ4n) is 2.45. The maximum Gasteiger partial charge on any atom is 0.241 e. The Hall–Kier alpha value is -1.89. The van der Waals surface area contributed by atoms with Crippen molar-refractivity contribution >= 4 is 39.3 Å². The number of fused-ring (bicyclic) bond motifs is 1. The number of carbonyl (C=O) groups is 2. The molecule has 2 rings (SSSR count). The molecule has 0 heterocycles. The number of Topliss-reactive ketones (excluding diaryl/α,β-unsaturated/α-hetero) is 1. The predicted molar refractivity (Wildman–Crippen MR) is 98.3 cm³/mol. The lowest BCUT2D eigenvalue weighted by atomic mass is 10.1. The summed E-state index contributed by atoms with van der Waals surface area (Å²) < 4.78 is 11.6. The van der Waals surface area contributed by atoms with Gasteiger partial charge in [-0.05, 0) is 42.4 Å². The fourth-order valence-corrected chi connectivity index (χ4v) is 3.54. The van der Waals surface area contributed by atoms with Crippen LogP contribution in [0.3, 0.4) is 0 Å². The fraction of sp³-hybridized carbons (Fsp3) is 0.333. The summed E-state index contributed by atoms with van der Waals surface area (Å²) >= 11 is -1.17. The molecule has 0 radical (unpaired) electrons. The van der Waals surface area contributed by atoms with Crippen LogP contribution in [0.25, 0.3) is 10.8 Å². The summed E-state index contributed by atoms with van der Waals surface area (Å²) in [6, 6.07) is 12.8. The molecule has 2 aromatic carbocycles. The minimum Gasteiger partial charge on any atom is -0.616 e. The highest BCUT2D eigenvalue weighted by atomic mass is 32.2. The van der Waals surface area contributed by atoms with Crippen molar-refractivity contribution in [1.82, 2.24) is 0 Å². The van der Waals surface area contributed by atoms with Crippen molar-refractivity contribution in [3.05, 3.63) is 42.5 Å². The number of anilines is 1. The monoisotopic (exact) mass is 346 g/mol. The molecule has 0 aliphatic carbocycles. The van der Waals surface area contributed by atoms with E-state index in [1.807, 2.05) is 42.5 Å². The van der Waals surface area contributed by atoms with Crippen LogP contribution in [-0.2, 0) is 20.8 Å². The van der Waals surface area contributed by atoms with Gasteiger partial charge in [-0.1, -0.05) is 36.4 Å². The Kier molecular flexibility index (Phi) is 6.78. The number of nitrogens with one attached hydrogen (secondary N) is 1. The third-order valence-electron chi connectivity index (χ3n) is 3.64. The number of hydrogen-bond donors (Lipinski definition) is 2. The zero-order valence-electron chi connectivity index (χ0n) is 13.7.